The van der Waals surface area contributed by atoms with Crippen LogP contribution in [0.3, 0.4) is 0 Å². The average Bonchev–Trinajstić information content (AvgIpc) is 2.60. The van der Waals surface area contributed by atoms with Gasteiger partial charge in [0.2, 0.25) is 0 Å². The maximum Gasteiger partial charge on any atom is 0.200 e. The smallest absolute Gasteiger partial charge is 0.200 e. The fourth-order valence-electron chi connectivity index (χ4n) is 1.62. The summed E-state index contributed by atoms with van der Waals surface area (Å²) in [5.41, 5.74) is 7.83. The van der Waals surface area contributed by atoms with Gasteiger partial charge in [-0.1, -0.05) is 12.1 Å². The molecule has 1 aromatic carbocycles. The number of anilines is 1. The first-order valence-electron chi connectivity index (χ1n) is 5.17. The summed E-state index contributed by atoms with van der Waals surface area (Å²) in [6, 6.07) is 6.56. The third-order valence-corrected chi connectivity index (χ3v) is 2.70. The molecule has 0 spiro atoms. The van der Waals surface area contributed by atoms with Crippen LogP contribution in [0.4, 0.5) is 10.3 Å². The van der Waals surface area contributed by atoms with Gasteiger partial charge in [0.15, 0.2) is 5.95 Å². The Morgan fingerprint density at radius 2 is 1.94 bits per heavy atom. The monoisotopic (exact) mass is 219 g/mol. The van der Waals surface area contributed by atoms with E-state index in [1.165, 1.54) is 12.1 Å². The lowest BCUT2D eigenvalue weighted by molar-refractivity contribution is 0.627. The van der Waals surface area contributed by atoms with E-state index in [1.54, 1.807) is 18.3 Å². The van der Waals surface area contributed by atoms with Gasteiger partial charge in [-0.25, -0.2) is 9.37 Å². The summed E-state index contributed by atoms with van der Waals surface area (Å²) in [7, 11) is 1.89. The van der Waals surface area contributed by atoms with E-state index in [0.717, 1.165) is 24.1 Å². The minimum atomic E-state index is -0.200. The highest BCUT2D eigenvalue weighted by Gasteiger charge is 2.03. The summed E-state index contributed by atoms with van der Waals surface area (Å²) < 4.78 is 14.6. The zero-order valence-corrected chi connectivity index (χ0v) is 9.15. The van der Waals surface area contributed by atoms with Crippen molar-refractivity contribution in [1.29, 1.82) is 0 Å². The van der Waals surface area contributed by atoms with Crippen molar-refractivity contribution in [2.45, 2.75) is 12.8 Å². The maximum atomic E-state index is 12.7. The summed E-state index contributed by atoms with van der Waals surface area (Å²) in [5, 5.41) is 0. The standard InChI is InChI=1S/C12H14FN3/c1-16-11(8-15-12(16)14)7-4-9-2-5-10(13)6-3-9/h2-3,5-6,8H,4,7H2,1H3,(H2,14,15). The number of nitrogens with two attached hydrogens (primary N) is 1. The van der Waals surface area contributed by atoms with Gasteiger partial charge in [-0.2, -0.15) is 0 Å². The molecule has 0 amide bonds. The van der Waals surface area contributed by atoms with E-state index in [-0.39, 0.29) is 5.82 Å². The molecule has 0 radical (unpaired) electrons. The maximum absolute atomic E-state index is 12.7. The fraction of sp³-hybridized carbons (Fsp3) is 0.250. The molecule has 0 aliphatic rings. The van der Waals surface area contributed by atoms with Gasteiger partial charge in [-0.05, 0) is 30.5 Å². The van der Waals surface area contributed by atoms with Gasteiger partial charge >= 0.3 is 0 Å². The molecule has 0 bridgehead atoms. The third kappa shape index (κ3) is 2.21. The number of rotatable bonds is 3. The minimum absolute atomic E-state index is 0.200. The highest BCUT2D eigenvalue weighted by Crippen LogP contribution is 2.10. The zero-order valence-electron chi connectivity index (χ0n) is 9.15. The lowest BCUT2D eigenvalue weighted by Gasteiger charge is -2.03. The van der Waals surface area contributed by atoms with Crippen molar-refractivity contribution in [2.24, 2.45) is 7.05 Å². The molecule has 2 aromatic rings. The zero-order chi connectivity index (χ0) is 11.5. The van der Waals surface area contributed by atoms with Gasteiger partial charge in [-0.3, -0.25) is 0 Å². The van der Waals surface area contributed by atoms with Crippen LogP contribution in [0.1, 0.15) is 11.3 Å². The molecule has 0 aliphatic heterocycles. The second-order valence-corrected chi connectivity index (χ2v) is 3.79. The number of aryl methyl sites for hydroxylation is 2. The molecule has 16 heavy (non-hydrogen) atoms. The Labute approximate surface area is 93.7 Å². The molecule has 0 atom stereocenters. The first-order chi connectivity index (χ1) is 7.66. The number of aromatic nitrogens is 2. The number of halogens is 1. The number of hydrogen-bond donors (Lipinski definition) is 1. The van der Waals surface area contributed by atoms with Crippen LogP contribution in [0, 0.1) is 5.82 Å². The number of hydrogen-bond acceptors (Lipinski definition) is 2. The van der Waals surface area contributed by atoms with Crippen molar-refractivity contribution in [3.05, 3.63) is 47.5 Å². The molecule has 2 rings (SSSR count). The van der Waals surface area contributed by atoms with E-state index in [1.807, 2.05) is 11.6 Å². The Kier molecular flexibility index (Phi) is 2.90. The highest BCUT2D eigenvalue weighted by atomic mass is 19.1. The normalized spacial score (nSPS) is 10.6. The molecule has 1 aromatic heterocycles. The second-order valence-electron chi connectivity index (χ2n) is 3.79. The number of nitrogen functional groups attached to an aromatic ring is 1. The van der Waals surface area contributed by atoms with Crippen LogP contribution in [0.15, 0.2) is 30.5 Å². The van der Waals surface area contributed by atoms with Gasteiger partial charge in [-0.15, -0.1) is 0 Å². The van der Waals surface area contributed by atoms with Gasteiger partial charge in [0.25, 0.3) is 0 Å². The van der Waals surface area contributed by atoms with E-state index < -0.39 is 0 Å². The average molecular weight is 219 g/mol. The number of benzene rings is 1. The van der Waals surface area contributed by atoms with Gasteiger partial charge in [0.1, 0.15) is 5.82 Å². The van der Waals surface area contributed by atoms with Crippen LogP contribution >= 0.6 is 0 Å². The summed E-state index contributed by atoms with van der Waals surface area (Å²) in [6.07, 6.45) is 3.49. The van der Waals surface area contributed by atoms with Crippen molar-refractivity contribution < 1.29 is 4.39 Å². The Morgan fingerprint density at radius 3 is 2.50 bits per heavy atom. The molecule has 0 unspecified atom stereocenters. The lowest BCUT2D eigenvalue weighted by atomic mass is 10.1. The molecule has 4 heteroatoms. The van der Waals surface area contributed by atoms with E-state index >= 15 is 0 Å². The van der Waals surface area contributed by atoms with Crippen molar-refractivity contribution in [3.8, 4) is 0 Å². The van der Waals surface area contributed by atoms with Crippen LogP contribution in [-0.2, 0) is 19.9 Å². The summed E-state index contributed by atoms with van der Waals surface area (Å²) in [4.78, 5) is 4.02. The SMILES string of the molecule is Cn1c(CCc2ccc(F)cc2)cnc1N. The van der Waals surface area contributed by atoms with Gasteiger partial charge in [0, 0.05) is 12.7 Å². The molecule has 0 fully saturated rings. The predicted octanol–water partition coefficient (Wildman–Crippen LogP) is 1.93. The van der Waals surface area contributed by atoms with Crippen LogP contribution in [0.5, 0.6) is 0 Å². The Balaban J connectivity index is 2.02. The van der Waals surface area contributed by atoms with Crippen LogP contribution < -0.4 is 5.73 Å². The minimum Gasteiger partial charge on any atom is -0.369 e. The summed E-state index contributed by atoms with van der Waals surface area (Å²) in [6.45, 7) is 0. The molecular formula is C12H14FN3. The number of imidazole rings is 1. The molecular weight excluding hydrogens is 205 g/mol. The Bertz CT molecular complexity index is 474. The predicted molar refractivity (Wildman–Crippen MR) is 61.4 cm³/mol. The van der Waals surface area contributed by atoms with Crippen molar-refractivity contribution >= 4 is 5.95 Å². The molecule has 3 nitrogen and oxygen atoms in total. The van der Waals surface area contributed by atoms with Crippen LogP contribution in [-0.4, -0.2) is 9.55 Å². The quantitative estimate of drug-likeness (QED) is 0.857. The Hall–Kier alpha value is -1.84. The van der Waals surface area contributed by atoms with Crippen LogP contribution in [0.2, 0.25) is 0 Å². The Morgan fingerprint density at radius 1 is 1.25 bits per heavy atom. The van der Waals surface area contributed by atoms with Crippen molar-refractivity contribution in [3.63, 3.8) is 0 Å². The first kappa shape index (κ1) is 10.7. The molecule has 0 aliphatic carbocycles. The molecule has 0 saturated carbocycles. The third-order valence-electron chi connectivity index (χ3n) is 2.70. The highest BCUT2D eigenvalue weighted by molar-refractivity contribution is 5.23. The summed E-state index contributed by atoms with van der Waals surface area (Å²) in [5.74, 6) is 0.322. The van der Waals surface area contributed by atoms with Gasteiger partial charge < -0.3 is 10.3 Å². The van der Waals surface area contributed by atoms with Crippen LogP contribution in [0.25, 0.3) is 0 Å². The first-order valence-corrected chi connectivity index (χ1v) is 5.17. The second kappa shape index (κ2) is 4.35. The van der Waals surface area contributed by atoms with E-state index in [9.17, 15) is 4.39 Å². The molecule has 1 heterocycles. The largest absolute Gasteiger partial charge is 0.369 e. The lowest BCUT2D eigenvalue weighted by Crippen LogP contribution is -2.02. The molecule has 0 saturated heterocycles. The van der Waals surface area contributed by atoms with E-state index in [0.29, 0.717) is 5.95 Å². The molecule has 84 valence electrons. The summed E-state index contributed by atoms with van der Waals surface area (Å²) >= 11 is 0. The topological polar surface area (TPSA) is 43.8 Å². The fourth-order valence-corrected chi connectivity index (χ4v) is 1.62. The van der Waals surface area contributed by atoms with Crippen molar-refractivity contribution in [1.82, 2.24) is 9.55 Å². The van der Waals surface area contributed by atoms with E-state index in [4.69, 9.17) is 5.73 Å². The number of nitrogens with zero attached hydrogens (tertiary/aromatic N) is 2. The molecule has 2 N–H and O–H groups in total. The van der Waals surface area contributed by atoms with Crippen molar-refractivity contribution in [2.75, 3.05) is 5.73 Å². The van der Waals surface area contributed by atoms with Gasteiger partial charge in [0.05, 0.1) is 6.20 Å². The van der Waals surface area contributed by atoms with E-state index in [2.05, 4.69) is 4.98 Å².